The average molecular weight is 312 g/mol. The standard InChI is InChI=1S/C15H22ClN3O2/c1-17(2)5-6-18-7-9-19(10-8-18)15(21)12-3-4-14(20)13(16)11-12/h3-4,11,20H,5-10H2,1-2H3. The number of aromatic hydroxyl groups is 1. The second-order valence-electron chi connectivity index (χ2n) is 5.60. The first-order valence-electron chi connectivity index (χ1n) is 7.12. The van der Waals surface area contributed by atoms with Gasteiger partial charge in [0, 0.05) is 44.8 Å². The molecule has 1 aliphatic rings. The monoisotopic (exact) mass is 311 g/mol. The number of halogens is 1. The van der Waals surface area contributed by atoms with E-state index in [0.717, 1.165) is 39.3 Å². The molecule has 1 saturated heterocycles. The molecule has 2 rings (SSSR count). The Morgan fingerprint density at radius 3 is 2.52 bits per heavy atom. The van der Waals surface area contributed by atoms with Crippen LogP contribution in [0.2, 0.25) is 5.02 Å². The Kier molecular flexibility index (Phi) is 5.45. The third-order valence-corrected chi connectivity index (χ3v) is 4.02. The fourth-order valence-corrected chi connectivity index (χ4v) is 2.52. The van der Waals surface area contributed by atoms with Crippen molar-refractivity contribution in [2.75, 3.05) is 53.4 Å². The van der Waals surface area contributed by atoms with Crippen molar-refractivity contribution < 1.29 is 9.90 Å². The van der Waals surface area contributed by atoms with Gasteiger partial charge in [-0.05, 0) is 32.3 Å². The molecule has 21 heavy (non-hydrogen) atoms. The third kappa shape index (κ3) is 4.33. The highest BCUT2D eigenvalue weighted by atomic mass is 35.5. The van der Waals surface area contributed by atoms with Crippen molar-refractivity contribution >= 4 is 17.5 Å². The molecule has 0 bridgehead atoms. The van der Waals surface area contributed by atoms with E-state index in [0.29, 0.717) is 5.56 Å². The molecule has 0 spiro atoms. The summed E-state index contributed by atoms with van der Waals surface area (Å²) in [7, 11) is 4.13. The van der Waals surface area contributed by atoms with Crippen molar-refractivity contribution in [3.05, 3.63) is 28.8 Å². The van der Waals surface area contributed by atoms with Gasteiger partial charge in [-0.3, -0.25) is 9.69 Å². The minimum Gasteiger partial charge on any atom is -0.506 e. The molecule has 0 saturated carbocycles. The number of carbonyl (C=O) groups is 1. The first-order chi connectivity index (χ1) is 9.97. The summed E-state index contributed by atoms with van der Waals surface area (Å²) < 4.78 is 0. The van der Waals surface area contributed by atoms with Gasteiger partial charge in [-0.15, -0.1) is 0 Å². The number of rotatable bonds is 4. The number of piperazine rings is 1. The second kappa shape index (κ2) is 7.11. The lowest BCUT2D eigenvalue weighted by Crippen LogP contribution is -2.49. The summed E-state index contributed by atoms with van der Waals surface area (Å²) in [5.74, 6) is -0.0223. The Hall–Kier alpha value is -1.30. The van der Waals surface area contributed by atoms with Crippen LogP contribution >= 0.6 is 11.6 Å². The summed E-state index contributed by atoms with van der Waals surface area (Å²) in [5.41, 5.74) is 0.527. The molecule has 6 heteroatoms. The van der Waals surface area contributed by atoms with Gasteiger partial charge in [-0.2, -0.15) is 0 Å². The van der Waals surface area contributed by atoms with Crippen molar-refractivity contribution in [1.29, 1.82) is 0 Å². The summed E-state index contributed by atoms with van der Waals surface area (Å²) in [6.07, 6.45) is 0. The summed E-state index contributed by atoms with van der Waals surface area (Å²) in [6.45, 7) is 5.30. The molecule has 116 valence electrons. The first kappa shape index (κ1) is 16.1. The molecule has 1 aromatic rings. The summed E-state index contributed by atoms with van der Waals surface area (Å²) >= 11 is 5.86. The minimum absolute atomic E-state index is 0.00159. The van der Waals surface area contributed by atoms with Crippen molar-refractivity contribution in [3.8, 4) is 5.75 Å². The maximum absolute atomic E-state index is 12.4. The van der Waals surface area contributed by atoms with Gasteiger partial charge < -0.3 is 14.9 Å². The van der Waals surface area contributed by atoms with Crippen LogP contribution in [-0.2, 0) is 0 Å². The van der Waals surface area contributed by atoms with Crippen LogP contribution in [0.25, 0.3) is 0 Å². The van der Waals surface area contributed by atoms with Crippen LogP contribution in [0.5, 0.6) is 5.75 Å². The number of benzene rings is 1. The Morgan fingerprint density at radius 1 is 1.29 bits per heavy atom. The largest absolute Gasteiger partial charge is 0.506 e. The maximum atomic E-state index is 12.4. The fraction of sp³-hybridized carbons (Fsp3) is 0.533. The molecular formula is C15H22ClN3O2. The van der Waals surface area contributed by atoms with E-state index >= 15 is 0 Å². The molecule has 1 amide bonds. The van der Waals surface area contributed by atoms with Gasteiger partial charge in [0.25, 0.3) is 5.91 Å². The molecule has 1 aliphatic heterocycles. The lowest BCUT2D eigenvalue weighted by atomic mass is 10.1. The number of likely N-dealkylation sites (N-methyl/N-ethyl adjacent to an activating group) is 1. The zero-order valence-corrected chi connectivity index (χ0v) is 13.3. The highest BCUT2D eigenvalue weighted by Crippen LogP contribution is 2.24. The van der Waals surface area contributed by atoms with E-state index in [4.69, 9.17) is 11.6 Å². The van der Waals surface area contributed by atoms with E-state index in [2.05, 4.69) is 23.9 Å². The number of nitrogens with zero attached hydrogens (tertiary/aromatic N) is 3. The van der Waals surface area contributed by atoms with Gasteiger partial charge in [-0.25, -0.2) is 0 Å². The van der Waals surface area contributed by atoms with Gasteiger partial charge in [0.05, 0.1) is 5.02 Å². The molecular weight excluding hydrogens is 290 g/mol. The Morgan fingerprint density at radius 2 is 1.95 bits per heavy atom. The molecule has 1 aromatic carbocycles. The normalized spacial score (nSPS) is 16.5. The van der Waals surface area contributed by atoms with E-state index in [1.165, 1.54) is 12.1 Å². The zero-order valence-electron chi connectivity index (χ0n) is 12.5. The predicted octanol–water partition coefficient (Wildman–Crippen LogP) is 1.36. The zero-order chi connectivity index (χ0) is 15.4. The molecule has 1 fully saturated rings. The molecule has 0 aliphatic carbocycles. The Bertz CT molecular complexity index is 500. The van der Waals surface area contributed by atoms with E-state index in [1.807, 2.05) is 4.90 Å². The van der Waals surface area contributed by atoms with Gasteiger partial charge >= 0.3 is 0 Å². The van der Waals surface area contributed by atoms with Crippen molar-refractivity contribution in [1.82, 2.24) is 14.7 Å². The number of phenols is 1. The van der Waals surface area contributed by atoms with Gasteiger partial charge in [0.15, 0.2) is 0 Å². The highest BCUT2D eigenvalue weighted by Gasteiger charge is 2.22. The average Bonchev–Trinajstić information content (AvgIpc) is 2.48. The molecule has 0 aromatic heterocycles. The summed E-state index contributed by atoms with van der Waals surface area (Å²) in [4.78, 5) is 18.8. The lowest BCUT2D eigenvalue weighted by molar-refractivity contribution is 0.0629. The van der Waals surface area contributed by atoms with Crippen LogP contribution in [0.4, 0.5) is 0 Å². The molecule has 1 N–H and O–H groups in total. The van der Waals surface area contributed by atoms with Crippen LogP contribution in [0.3, 0.4) is 0 Å². The predicted molar refractivity (Wildman–Crippen MR) is 84.0 cm³/mol. The number of carbonyl (C=O) groups excluding carboxylic acids is 1. The van der Waals surface area contributed by atoms with Gasteiger partial charge in [0.2, 0.25) is 0 Å². The molecule has 0 radical (unpaired) electrons. The lowest BCUT2D eigenvalue weighted by Gasteiger charge is -2.35. The minimum atomic E-state index is -0.0239. The summed E-state index contributed by atoms with van der Waals surface area (Å²) in [5, 5.41) is 9.62. The maximum Gasteiger partial charge on any atom is 0.253 e. The fourth-order valence-electron chi connectivity index (χ4n) is 2.34. The number of hydrogen-bond donors (Lipinski definition) is 1. The first-order valence-corrected chi connectivity index (χ1v) is 7.50. The number of phenolic OH excluding ortho intramolecular Hbond substituents is 1. The van der Waals surface area contributed by atoms with Gasteiger partial charge in [-0.1, -0.05) is 11.6 Å². The third-order valence-electron chi connectivity index (χ3n) is 3.72. The summed E-state index contributed by atoms with van der Waals surface area (Å²) in [6, 6.07) is 4.60. The van der Waals surface area contributed by atoms with Crippen LogP contribution < -0.4 is 0 Å². The Labute approximate surface area is 130 Å². The number of amides is 1. The van der Waals surface area contributed by atoms with E-state index in [-0.39, 0.29) is 16.7 Å². The van der Waals surface area contributed by atoms with Crippen LogP contribution in [0, 0.1) is 0 Å². The molecule has 5 nitrogen and oxygen atoms in total. The molecule has 0 unspecified atom stereocenters. The van der Waals surface area contributed by atoms with E-state index < -0.39 is 0 Å². The second-order valence-corrected chi connectivity index (χ2v) is 6.01. The quantitative estimate of drug-likeness (QED) is 0.912. The van der Waals surface area contributed by atoms with Crippen LogP contribution in [-0.4, -0.2) is 79.1 Å². The number of hydrogen-bond acceptors (Lipinski definition) is 4. The van der Waals surface area contributed by atoms with Gasteiger partial charge in [0.1, 0.15) is 5.75 Å². The van der Waals surface area contributed by atoms with Crippen LogP contribution in [0.15, 0.2) is 18.2 Å². The van der Waals surface area contributed by atoms with E-state index in [1.54, 1.807) is 6.07 Å². The topological polar surface area (TPSA) is 47.0 Å². The SMILES string of the molecule is CN(C)CCN1CCN(C(=O)c2ccc(O)c(Cl)c2)CC1. The van der Waals surface area contributed by atoms with Crippen molar-refractivity contribution in [3.63, 3.8) is 0 Å². The van der Waals surface area contributed by atoms with E-state index in [9.17, 15) is 9.90 Å². The van der Waals surface area contributed by atoms with Crippen LogP contribution in [0.1, 0.15) is 10.4 Å². The smallest absolute Gasteiger partial charge is 0.253 e. The molecule has 1 heterocycles. The van der Waals surface area contributed by atoms with Crippen molar-refractivity contribution in [2.24, 2.45) is 0 Å². The molecule has 0 atom stereocenters. The highest BCUT2D eigenvalue weighted by molar-refractivity contribution is 6.32. The van der Waals surface area contributed by atoms with Crippen molar-refractivity contribution in [2.45, 2.75) is 0 Å². The Balaban J connectivity index is 1.89.